The number of benzene rings is 1. The van der Waals surface area contributed by atoms with Gasteiger partial charge in [-0.2, -0.15) is 4.98 Å². The predicted molar refractivity (Wildman–Crippen MR) is 74.7 cm³/mol. The smallest absolute Gasteiger partial charge is 0.240 e. The van der Waals surface area contributed by atoms with Gasteiger partial charge in [-0.3, -0.25) is 0 Å². The second-order valence-corrected chi connectivity index (χ2v) is 5.97. The molecule has 4 nitrogen and oxygen atoms in total. The number of thioether (sulfide) groups is 1. The van der Waals surface area contributed by atoms with E-state index in [1.165, 1.54) is 36.7 Å². The fourth-order valence-corrected chi connectivity index (χ4v) is 2.61. The molecule has 2 aromatic rings. The lowest BCUT2D eigenvalue weighted by Gasteiger charge is -1.98. The van der Waals surface area contributed by atoms with Gasteiger partial charge in [0, 0.05) is 4.90 Å². The van der Waals surface area contributed by atoms with Crippen LogP contribution in [0.4, 0.5) is 4.39 Å². The van der Waals surface area contributed by atoms with Crippen LogP contribution in [0.5, 0.6) is 0 Å². The Morgan fingerprint density at radius 2 is 2.30 bits per heavy atom. The first-order valence-corrected chi connectivity index (χ1v) is 7.69. The third-order valence-electron chi connectivity index (χ3n) is 3.08. The SMILES string of the molecule is Fc1cccc(SCc2noc(CNCC3CC3)n2)c1. The summed E-state index contributed by atoms with van der Waals surface area (Å²) in [5, 5.41) is 7.23. The highest BCUT2D eigenvalue weighted by Gasteiger charge is 2.20. The third kappa shape index (κ3) is 4.05. The molecule has 0 atom stereocenters. The second-order valence-electron chi connectivity index (χ2n) is 4.92. The van der Waals surface area contributed by atoms with Crippen molar-refractivity contribution in [2.75, 3.05) is 6.54 Å². The van der Waals surface area contributed by atoms with Crippen molar-refractivity contribution in [2.24, 2.45) is 5.92 Å². The summed E-state index contributed by atoms with van der Waals surface area (Å²) in [6.07, 6.45) is 2.65. The fourth-order valence-electron chi connectivity index (χ4n) is 1.83. The molecule has 6 heteroatoms. The topological polar surface area (TPSA) is 51.0 Å². The molecule has 0 unspecified atom stereocenters. The molecule has 0 saturated heterocycles. The Morgan fingerprint density at radius 3 is 3.10 bits per heavy atom. The van der Waals surface area contributed by atoms with Gasteiger partial charge in [0.05, 0.1) is 12.3 Å². The number of rotatable bonds is 7. The molecule has 1 N–H and O–H groups in total. The van der Waals surface area contributed by atoms with Crippen LogP contribution in [0.15, 0.2) is 33.7 Å². The predicted octanol–water partition coefficient (Wildman–Crippen LogP) is 3.00. The van der Waals surface area contributed by atoms with Crippen LogP contribution in [0.2, 0.25) is 0 Å². The van der Waals surface area contributed by atoms with Gasteiger partial charge in [0.2, 0.25) is 5.89 Å². The molecule has 1 aliphatic rings. The van der Waals surface area contributed by atoms with Gasteiger partial charge < -0.3 is 9.84 Å². The fraction of sp³-hybridized carbons (Fsp3) is 0.429. The summed E-state index contributed by atoms with van der Waals surface area (Å²) in [5.74, 6) is 2.44. The van der Waals surface area contributed by atoms with Crippen molar-refractivity contribution in [3.8, 4) is 0 Å². The number of hydrogen-bond acceptors (Lipinski definition) is 5. The van der Waals surface area contributed by atoms with E-state index < -0.39 is 0 Å². The van der Waals surface area contributed by atoms with E-state index in [9.17, 15) is 4.39 Å². The van der Waals surface area contributed by atoms with Crippen molar-refractivity contribution in [1.29, 1.82) is 0 Å². The van der Waals surface area contributed by atoms with Crippen LogP contribution >= 0.6 is 11.8 Å². The minimum absolute atomic E-state index is 0.229. The molecule has 3 rings (SSSR count). The molecule has 106 valence electrons. The number of halogens is 1. The van der Waals surface area contributed by atoms with Gasteiger partial charge in [-0.1, -0.05) is 11.2 Å². The van der Waals surface area contributed by atoms with Gasteiger partial charge in [0.15, 0.2) is 5.82 Å². The largest absolute Gasteiger partial charge is 0.338 e. The van der Waals surface area contributed by atoms with E-state index in [2.05, 4.69) is 15.5 Å². The van der Waals surface area contributed by atoms with E-state index in [0.29, 0.717) is 24.0 Å². The van der Waals surface area contributed by atoms with E-state index >= 15 is 0 Å². The van der Waals surface area contributed by atoms with E-state index in [0.717, 1.165) is 17.4 Å². The highest BCUT2D eigenvalue weighted by atomic mass is 32.2. The van der Waals surface area contributed by atoms with Crippen molar-refractivity contribution < 1.29 is 8.91 Å². The van der Waals surface area contributed by atoms with Crippen LogP contribution in [0.25, 0.3) is 0 Å². The Hall–Kier alpha value is -1.40. The first-order valence-electron chi connectivity index (χ1n) is 6.70. The summed E-state index contributed by atoms with van der Waals surface area (Å²) in [4.78, 5) is 5.17. The first kappa shape index (κ1) is 13.6. The van der Waals surface area contributed by atoms with Crippen LogP contribution in [0, 0.1) is 11.7 Å². The summed E-state index contributed by atoms with van der Waals surface area (Å²) in [5.41, 5.74) is 0. The average molecular weight is 293 g/mol. The normalized spacial score (nSPS) is 14.7. The maximum absolute atomic E-state index is 13.0. The zero-order valence-electron chi connectivity index (χ0n) is 11.0. The molecular formula is C14H16FN3OS. The molecule has 1 aromatic heterocycles. The summed E-state index contributed by atoms with van der Waals surface area (Å²) < 4.78 is 18.2. The lowest BCUT2D eigenvalue weighted by atomic mass is 10.4. The number of hydrogen-bond donors (Lipinski definition) is 1. The highest BCUT2D eigenvalue weighted by molar-refractivity contribution is 7.98. The Balaban J connectivity index is 1.46. The van der Waals surface area contributed by atoms with Crippen LogP contribution in [-0.2, 0) is 12.3 Å². The van der Waals surface area contributed by atoms with Gasteiger partial charge in [-0.25, -0.2) is 4.39 Å². The monoisotopic (exact) mass is 293 g/mol. The van der Waals surface area contributed by atoms with E-state index in [1.54, 1.807) is 6.07 Å². The highest BCUT2D eigenvalue weighted by Crippen LogP contribution is 2.27. The Morgan fingerprint density at radius 1 is 1.40 bits per heavy atom. The molecule has 1 fully saturated rings. The molecule has 1 aliphatic carbocycles. The number of aromatic nitrogens is 2. The second kappa shape index (κ2) is 6.37. The van der Waals surface area contributed by atoms with Gasteiger partial charge in [-0.05, 0) is 43.5 Å². The molecule has 1 heterocycles. The minimum Gasteiger partial charge on any atom is -0.338 e. The molecule has 0 bridgehead atoms. The zero-order valence-corrected chi connectivity index (χ0v) is 11.8. The molecule has 1 saturated carbocycles. The van der Waals surface area contributed by atoms with Crippen LogP contribution in [-0.4, -0.2) is 16.7 Å². The molecule has 1 aromatic carbocycles. The van der Waals surface area contributed by atoms with Crippen LogP contribution in [0.1, 0.15) is 24.6 Å². The number of nitrogens with one attached hydrogen (secondary N) is 1. The van der Waals surface area contributed by atoms with Crippen molar-refractivity contribution >= 4 is 11.8 Å². The molecule has 0 amide bonds. The Labute approximate surface area is 121 Å². The van der Waals surface area contributed by atoms with E-state index in [1.807, 2.05) is 6.07 Å². The van der Waals surface area contributed by atoms with E-state index in [4.69, 9.17) is 4.52 Å². The Bertz CT molecular complexity index is 571. The summed E-state index contributed by atoms with van der Waals surface area (Å²) in [7, 11) is 0. The number of nitrogens with zero attached hydrogens (tertiary/aromatic N) is 2. The first-order chi connectivity index (χ1) is 9.79. The molecule has 0 aliphatic heterocycles. The van der Waals surface area contributed by atoms with Crippen molar-refractivity contribution in [1.82, 2.24) is 15.5 Å². The van der Waals surface area contributed by atoms with Gasteiger partial charge in [0.1, 0.15) is 5.82 Å². The van der Waals surface area contributed by atoms with E-state index in [-0.39, 0.29) is 5.82 Å². The van der Waals surface area contributed by atoms with Crippen LogP contribution in [0.3, 0.4) is 0 Å². The lowest BCUT2D eigenvalue weighted by molar-refractivity contribution is 0.363. The molecule has 0 radical (unpaired) electrons. The summed E-state index contributed by atoms with van der Waals surface area (Å²) in [6, 6.07) is 6.50. The van der Waals surface area contributed by atoms with Crippen molar-refractivity contribution in [3.05, 3.63) is 41.8 Å². The molecule has 20 heavy (non-hydrogen) atoms. The van der Waals surface area contributed by atoms with Crippen LogP contribution < -0.4 is 5.32 Å². The quantitative estimate of drug-likeness (QED) is 0.795. The van der Waals surface area contributed by atoms with Crippen molar-refractivity contribution in [3.63, 3.8) is 0 Å². The summed E-state index contributed by atoms with van der Waals surface area (Å²) >= 11 is 1.49. The van der Waals surface area contributed by atoms with Gasteiger partial charge in [0.25, 0.3) is 0 Å². The van der Waals surface area contributed by atoms with Gasteiger partial charge in [-0.15, -0.1) is 11.8 Å². The Kier molecular flexibility index (Phi) is 4.32. The average Bonchev–Trinajstić information content (AvgIpc) is 3.15. The molecule has 0 spiro atoms. The maximum atomic E-state index is 13.0. The minimum atomic E-state index is -0.229. The maximum Gasteiger partial charge on any atom is 0.240 e. The third-order valence-corrected chi connectivity index (χ3v) is 4.07. The van der Waals surface area contributed by atoms with Crippen molar-refractivity contribution in [2.45, 2.75) is 30.0 Å². The lowest BCUT2D eigenvalue weighted by Crippen LogP contribution is -2.16. The molecular weight excluding hydrogens is 277 g/mol. The standard InChI is InChI=1S/C14H16FN3OS/c15-11-2-1-3-12(6-11)20-9-13-17-14(19-18-13)8-16-7-10-4-5-10/h1-3,6,10,16H,4-5,7-9H2. The van der Waals surface area contributed by atoms with Gasteiger partial charge >= 0.3 is 0 Å². The summed E-state index contributed by atoms with van der Waals surface area (Å²) in [6.45, 7) is 1.64. The zero-order chi connectivity index (χ0) is 13.8.